The van der Waals surface area contributed by atoms with E-state index in [4.69, 9.17) is 11.6 Å². The van der Waals surface area contributed by atoms with E-state index in [0.717, 1.165) is 19.0 Å². The molecule has 0 bridgehead atoms. The second kappa shape index (κ2) is 4.54. The highest BCUT2D eigenvalue weighted by Gasteiger charge is 2.40. The van der Waals surface area contributed by atoms with Crippen LogP contribution >= 0.6 is 11.6 Å². The van der Waals surface area contributed by atoms with Crippen LogP contribution in [0.3, 0.4) is 0 Å². The molecule has 1 aliphatic rings. The predicted octanol–water partition coefficient (Wildman–Crippen LogP) is 3.10. The number of halogens is 1. The minimum absolute atomic E-state index is 0.422. The van der Waals surface area contributed by atoms with Gasteiger partial charge < -0.3 is 5.32 Å². The van der Waals surface area contributed by atoms with Gasteiger partial charge >= 0.3 is 0 Å². The molecular formula is C13H18ClN. The lowest BCUT2D eigenvalue weighted by atomic mass is 10.1. The molecule has 1 saturated carbocycles. The minimum Gasteiger partial charge on any atom is -0.312 e. The average molecular weight is 224 g/mol. The summed E-state index contributed by atoms with van der Waals surface area (Å²) in [5, 5.41) is 3.50. The number of hydrogen-bond acceptors (Lipinski definition) is 1. The van der Waals surface area contributed by atoms with Gasteiger partial charge in [0.25, 0.3) is 0 Å². The summed E-state index contributed by atoms with van der Waals surface area (Å²) in [4.78, 5) is 0. The lowest BCUT2D eigenvalue weighted by molar-refractivity contribution is 0.505. The molecule has 0 unspecified atom stereocenters. The van der Waals surface area contributed by atoms with Crippen LogP contribution in [0.25, 0.3) is 0 Å². The van der Waals surface area contributed by atoms with Crippen molar-refractivity contribution >= 4 is 11.6 Å². The van der Waals surface area contributed by atoms with Crippen LogP contribution < -0.4 is 5.32 Å². The Bertz CT molecular complexity index is 331. The van der Waals surface area contributed by atoms with E-state index in [1.807, 2.05) is 0 Å². The van der Waals surface area contributed by atoms with Gasteiger partial charge in [-0.25, -0.2) is 0 Å². The zero-order valence-corrected chi connectivity index (χ0v) is 9.98. The maximum atomic E-state index is 5.92. The molecule has 2 heteroatoms. The van der Waals surface area contributed by atoms with Crippen LogP contribution in [-0.4, -0.2) is 12.4 Å². The highest BCUT2D eigenvalue weighted by atomic mass is 35.5. The van der Waals surface area contributed by atoms with Crippen molar-refractivity contribution in [3.8, 4) is 0 Å². The molecule has 82 valence electrons. The molecule has 0 spiro atoms. The standard InChI is InChI=1S/C13H18ClN/c1-11-3-2-4-12(7-11)8-15-10-13(9-14)5-6-13/h2-4,7,15H,5-6,8-10H2,1H3. The first-order chi connectivity index (χ1) is 7.24. The van der Waals surface area contributed by atoms with Crippen LogP contribution in [0.4, 0.5) is 0 Å². The lowest BCUT2D eigenvalue weighted by Gasteiger charge is -2.12. The normalized spacial score (nSPS) is 17.7. The van der Waals surface area contributed by atoms with E-state index >= 15 is 0 Å². The molecule has 1 N–H and O–H groups in total. The molecule has 2 rings (SSSR count). The quantitative estimate of drug-likeness (QED) is 0.757. The maximum absolute atomic E-state index is 5.92. The highest BCUT2D eigenvalue weighted by Crippen LogP contribution is 2.45. The summed E-state index contributed by atoms with van der Waals surface area (Å²) in [6.45, 7) is 4.15. The monoisotopic (exact) mass is 223 g/mol. The predicted molar refractivity (Wildman–Crippen MR) is 65.3 cm³/mol. The molecule has 0 atom stereocenters. The Morgan fingerprint density at radius 2 is 2.20 bits per heavy atom. The molecule has 0 saturated heterocycles. The van der Waals surface area contributed by atoms with E-state index < -0.39 is 0 Å². The van der Waals surface area contributed by atoms with Crippen molar-refractivity contribution in [1.29, 1.82) is 0 Å². The van der Waals surface area contributed by atoms with Crippen molar-refractivity contribution in [3.05, 3.63) is 35.4 Å². The van der Waals surface area contributed by atoms with E-state index in [9.17, 15) is 0 Å². The second-order valence-electron chi connectivity index (χ2n) is 4.73. The Labute approximate surface area is 96.8 Å². The van der Waals surface area contributed by atoms with E-state index in [1.165, 1.54) is 24.0 Å². The van der Waals surface area contributed by atoms with Crippen molar-refractivity contribution in [3.63, 3.8) is 0 Å². The van der Waals surface area contributed by atoms with E-state index in [0.29, 0.717) is 5.41 Å². The van der Waals surface area contributed by atoms with E-state index in [1.54, 1.807) is 0 Å². The van der Waals surface area contributed by atoms with E-state index in [2.05, 4.69) is 36.5 Å². The zero-order chi connectivity index (χ0) is 10.7. The van der Waals surface area contributed by atoms with Gasteiger partial charge in [-0.1, -0.05) is 29.8 Å². The molecule has 1 nitrogen and oxygen atoms in total. The number of hydrogen-bond donors (Lipinski definition) is 1. The van der Waals surface area contributed by atoms with Crippen LogP contribution in [0.1, 0.15) is 24.0 Å². The molecule has 1 aromatic carbocycles. The third kappa shape index (κ3) is 2.96. The van der Waals surface area contributed by atoms with Gasteiger partial charge in [-0.15, -0.1) is 11.6 Å². The van der Waals surface area contributed by atoms with Gasteiger partial charge in [0, 0.05) is 19.0 Å². The Balaban J connectivity index is 1.78. The Kier molecular flexibility index (Phi) is 3.32. The SMILES string of the molecule is Cc1cccc(CNCC2(CCl)CC2)c1. The maximum Gasteiger partial charge on any atom is 0.0292 e. The number of alkyl halides is 1. The third-order valence-corrected chi connectivity index (χ3v) is 3.72. The summed E-state index contributed by atoms with van der Waals surface area (Å²) in [5.41, 5.74) is 3.11. The molecule has 1 aliphatic carbocycles. The van der Waals surface area contributed by atoms with Gasteiger partial charge in [-0.3, -0.25) is 0 Å². The second-order valence-corrected chi connectivity index (χ2v) is 4.99. The number of nitrogens with one attached hydrogen (secondary N) is 1. The fourth-order valence-electron chi connectivity index (χ4n) is 1.83. The fraction of sp³-hybridized carbons (Fsp3) is 0.538. The fourth-order valence-corrected chi connectivity index (χ4v) is 2.19. The van der Waals surface area contributed by atoms with Gasteiger partial charge in [0.1, 0.15) is 0 Å². The van der Waals surface area contributed by atoms with Crippen molar-refractivity contribution < 1.29 is 0 Å². The van der Waals surface area contributed by atoms with Crippen LogP contribution in [0, 0.1) is 12.3 Å². The summed E-state index contributed by atoms with van der Waals surface area (Å²) >= 11 is 5.92. The third-order valence-electron chi connectivity index (χ3n) is 3.15. The molecule has 1 fully saturated rings. The van der Waals surface area contributed by atoms with Gasteiger partial charge in [0.15, 0.2) is 0 Å². The van der Waals surface area contributed by atoms with Crippen molar-refractivity contribution in [2.24, 2.45) is 5.41 Å². The van der Waals surface area contributed by atoms with Gasteiger partial charge in [-0.2, -0.15) is 0 Å². The summed E-state index contributed by atoms with van der Waals surface area (Å²) < 4.78 is 0. The van der Waals surface area contributed by atoms with Crippen molar-refractivity contribution in [2.45, 2.75) is 26.3 Å². The van der Waals surface area contributed by atoms with Crippen molar-refractivity contribution in [1.82, 2.24) is 5.32 Å². The van der Waals surface area contributed by atoms with Crippen molar-refractivity contribution in [2.75, 3.05) is 12.4 Å². The van der Waals surface area contributed by atoms with Gasteiger partial charge in [0.2, 0.25) is 0 Å². The summed E-state index contributed by atoms with van der Waals surface area (Å²) in [5.74, 6) is 0.799. The Morgan fingerprint density at radius 3 is 2.80 bits per heavy atom. The largest absolute Gasteiger partial charge is 0.312 e. The molecule has 0 radical (unpaired) electrons. The molecule has 0 aliphatic heterocycles. The minimum atomic E-state index is 0.422. The van der Waals surface area contributed by atoms with Gasteiger partial charge in [-0.05, 0) is 30.7 Å². The Morgan fingerprint density at radius 1 is 1.40 bits per heavy atom. The van der Waals surface area contributed by atoms with E-state index in [-0.39, 0.29) is 0 Å². The molecule has 1 aromatic rings. The van der Waals surface area contributed by atoms with Crippen LogP contribution in [0.2, 0.25) is 0 Å². The first kappa shape index (κ1) is 11.0. The topological polar surface area (TPSA) is 12.0 Å². The molecule has 0 amide bonds. The summed E-state index contributed by atoms with van der Waals surface area (Å²) in [7, 11) is 0. The molecule has 15 heavy (non-hydrogen) atoms. The van der Waals surface area contributed by atoms with Gasteiger partial charge in [0.05, 0.1) is 0 Å². The average Bonchev–Trinajstić information content (AvgIpc) is 2.99. The van der Waals surface area contributed by atoms with Crippen LogP contribution in [0.15, 0.2) is 24.3 Å². The number of benzene rings is 1. The number of aryl methyl sites for hydroxylation is 1. The first-order valence-electron chi connectivity index (χ1n) is 5.56. The summed E-state index contributed by atoms with van der Waals surface area (Å²) in [6.07, 6.45) is 2.58. The molecule has 0 aromatic heterocycles. The highest BCUT2D eigenvalue weighted by molar-refractivity contribution is 6.18. The smallest absolute Gasteiger partial charge is 0.0292 e. The van der Waals surface area contributed by atoms with Crippen LogP contribution in [0.5, 0.6) is 0 Å². The van der Waals surface area contributed by atoms with Crippen LogP contribution in [-0.2, 0) is 6.54 Å². The summed E-state index contributed by atoms with van der Waals surface area (Å²) in [6, 6.07) is 8.64. The number of rotatable bonds is 5. The first-order valence-corrected chi connectivity index (χ1v) is 6.10. The Hall–Kier alpha value is -0.530. The lowest BCUT2D eigenvalue weighted by Crippen LogP contribution is -2.24. The molecular weight excluding hydrogens is 206 g/mol. The molecule has 0 heterocycles. The zero-order valence-electron chi connectivity index (χ0n) is 9.22.